The molecule has 2 N–H and O–H groups in total. The first-order valence-corrected chi connectivity index (χ1v) is 4.34. The number of primary amides is 1. The standard InChI is InChI=1S/C8H12N4O2/c1-2-6(5-7(9)13)12-8(14)3-4-10-11-12/h3-4,6H,2,5H2,1H3,(H2,9,13). The molecule has 1 heterocycles. The fourth-order valence-electron chi connectivity index (χ4n) is 1.19. The minimum atomic E-state index is -0.450. The van der Waals surface area contributed by atoms with E-state index in [2.05, 4.69) is 10.3 Å². The lowest BCUT2D eigenvalue weighted by molar-refractivity contribution is -0.118. The molecular formula is C8H12N4O2. The van der Waals surface area contributed by atoms with Gasteiger partial charge in [-0.25, -0.2) is 4.68 Å². The summed E-state index contributed by atoms with van der Waals surface area (Å²) in [7, 11) is 0. The van der Waals surface area contributed by atoms with Crippen molar-refractivity contribution < 1.29 is 4.79 Å². The third kappa shape index (κ3) is 2.38. The van der Waals surface area contributed by atoms with Crippen LogP contribution in [-0.4, -0.2) is 20.9 Å². The second kappa shape index (κ2) is 4.50. The fraction of sp³-hybridized carbons (Fsp3) is 0.500. The van der Waals surface area contributed by atoms with Gasteiger partial charge in [-0.1, -0.05) is 12.1 Å². The van der Waals surface area contributed by atoms with Crippen molar-refractivity contribution in [2.45, 2.75) is 25.8 Å². The van der Waals surface area contributed by atoms with E-state index in [0.29, 0.717) is 6.42 Å². The number of carbonyl (C=O) groups excluding carboxylic acids is 1. The van der Waals surface area contributed by atoms with Crippen molar-refractivity contribution in [3.8, 4) is 0 Å². The maximum atomic E-state index is 11.3. The second-order valence-corrected chi connectivity index (χ2v) is 2.94. The average molecular weight is 196 g/mol. The van der Waals surface area contributed by atoms with Gasteiger partial charge in [-0.05, 0) is 6.42 Å². The van der Waals surface area contributed by atoms with E-state index >= 15 is 0 Å². The highest BCUT2D eigenvalue weighted by Crippen LogP contribution is 2.10. The maximum Gasteiger partial charge on any atom is 0.269 e. The van der Waals surface area contributed by atoms with E-state index in [1.165, 1.54) is 16.9 Å². The Bertz CT molecular complexity index is 374. The van der Waals surface area contributed by atoms with Gasteiger partial charge in [0.15, 0.2) is 0 Å². The first kappa shape index (κ1) is 10.4. The van der Waals surface area contributed by atoms with E-state index in [4.69, 9.17) is 5.73 Å². The van der Waals surface area contributed by atoms with Crippen LogP contribution in [0.4, 0.5) is 0 Å². The topological polar surface area (TPSA) is 90.9 Å². The van der Waals surface area contributed by atoms with Gasteiger partial charge < -0.3 is 5.73 Å². The summed E-state index contributed by atoms with van der Waals surface area (Å²) < 4.78 is 1.19. The lowest BCUT2D eigenvalue weighted by Crippen LogP contribution is -2.30. The van der Waals surface area contributed by atoms with Crippen LogP contribution in [0.1, 0.15) is 25.8 Å². The molecule has 1 amide bonds. The number of amides is 1. The molecule has 76 valence electrons. The molecule has 0 spiro atoms. The van der Waals surface area contributed by atoms with Gasteiger partial charge in [0.2, 0.25) is 5.91 Å². The molecule has 0 saturated heterocycles. The summed E-state index contributed by atoms with van der Waals surface area (Å²) in [6, 6.07) is 1.00. The smallest absolute Gasteiger partial charge is 0.269 e. The Kier molecular flexibility index (Phi) is 3.33. The van der Waals surface area contributed by atoms with Crippen molar-refractivity contribution in [1.82, 2.24) is 15.0 Å². The summed E-state index contributed by atoms with van der Waals surface area (Å²) >= 11 is 0. The lowest BCUT2D eigenvalue weighted by atomic mass is 10.1. The highest BCUT2D eigenvalue weighted by atomic mass is 16.1. The van der Waals surface area contributed by atoms with Crippen molar-refractivity contribution in [3.05, 3.63) is 22.6 Å². The van der Waals surface area contributed by atoms with Gasteiger partial charge in [0.25, 0.3) is 5.56 Å². The van der Waals surface area contributed by atoms with Crippen molar-refractivity contribution in [3.63, 3.8) is 0 Å². The Morgan fingerprint density at radius 2 is 2.43 bits per heavy atom. The Morgan fingerprint density at radius 1 is 1.71 bits per heavy atom. The van der Waals surface area contributed by atoms with E-state index < -0.39 is 5.91 Å². The molecule has 1 aromatic heterocycles. The van der Waals surface area contributed by atoms with Crippen molar-refractivity contribution >= 4 is 5.91 Å². The quantitative estimate of drug-likeness (QED) is 0.700. The molecule has 1 atom stereocenters. The maximum absolute atomic E-state index is 11.3. The number of carbonyl (C=O) groups is 1. The number of nitrogens with two attached hydrogens (primary N) is 1. The van der Waals surface area contributed by atoms with Gasteiger partial charge in [0.1, 0.15) is 0 Å². The van der Waals surface area contributed by atoms with Gasteiger partial charge in [-0.2, -0.15) is 0 Å². The Morgan fingerprint density at radius 3 is 2.93 bits per heavy atom. The molecule has 0 radical (unpaired) electrons. The van der Waals surface area contributed by atoms with Crippen molar-refractivity contribution in [2.75, 3.05) is 0 Å². The van der Waals surface area contributed by atoms with Crippen LogP contribution in [0.5, 0.6) is 0 Å². The largest absolute Gasteiger partial charge is 0.370 e. The molecule has 0 aromatic carbocycles. The normalized spacial score (nSPS) is 12.4. The van der Waals surface area contributed by atoms with E-state index in [1.807, 2.05) is 6.92 Å². The molecule has 6 heteroatoms. The highest BCUT2D eigenvalue weighted by Gasteiger charge is 2.13. The molecular weight excluding hydrogens is 184 g/mol. The van der Waals surface area contributed by atoms with Gasteiger partial charge in [-0.3, -0.25) is 9.59 Å². The van der Waals surface area contributed by atoms with Gasteiger partial charge >= 0.3 is 0 Å². The first-order valence-electron chi connectivity index (χ1n) is 4.34. The van der Waals surface area contributed by atoms with E-state index in [0.717, 1.165) is 0 Å². The third-order valence-electron chi connectivity index (χ3n) is 1.91. The Labute approximate surface area is 80.7 Å². The molecule has 1 rings (SSSR count). The predicted octanol–water partition coefficient (Wildman–Crippen LogP) is -0.535. The lowest BCUT2D eigenvalue weighted by Gasteiger charge is -2.12. The van der Waals surface area contributed by atoms with E-state index in [-0.39, 0.29) is 18.0 Å². The van der Waals surface area contributed by atoms with E-state index in [1.54, 1.807) is 0 Å². The molecule has 1 aromatic rings. The van der Waals surface area contributed by atoms with Crippen LogP contribution in [0.15, 0.2) is 17.1 Å². The average Bonchev–Trinajstić information content (AvgIpc) is 2.15. The van der Waals surface area contributed by atoms with Crippen molar-refractivity contribution in [2.24, 2.45) is 5.73 Å². The first-order chi connectivity index (χ1) is 6.65. The molecule has 0 aliphatic carbocycles. The van der Waals surface area contributed by atoms with Gasteiger partial charge in [-0.15, -0.1) is 5.10 Å². The van der Waals surface area contributed by atoms with Crippen LogP contribution in [0.2, 0.25) is 0 Å². The monoisotopic (exact) mass is 196 g/mol. The number of rotatable bonds is 4. The zero-order chi connectivity index (χ0) is 10.6. The fourth-order valence-corrected chi connectivity index (χ4v) is 1.19. The van der Waals surface area contributed by atoms with Crippen LogP contribution in [0, 0.1) is 0 Å². The molecule has 0 aliphatic heterocycles. The Balaban J connectivity index is 2.95. The number of aromatic nitrogens is 3. The zero-order valence-electron chi connectivity index (χ0n) is 7.88. The van der Waals surface area contributed by atoms with Gasteiger partial charge in [0, 0.05) is 12.5 Å². The molecule has 1 unspecified atom stereocenters. The number of nitrogens with zero attached hydrogens (tertiary/aromatic N) is 3. The molecule has 0 fully saturated rings. The number of hydrogen-bond donors (Lipinski definition) is 1. The summed E-state index contributed by atoms with van der Waals surface area (Å²) in [5.74, 6) is -0.450. The summed E-state index contributed by atoms with van der Waals surface area (Å²) in [6.45, 7) is 1.86. The minimum absolute atomic E-state index is 0.106. The summed E-state index contributed by atoms with van der Waals surface area (Å²) in [5, 5.41) is 7.23. The third-order valence-corrected chi connectivity index (χ3v) is 1.91. The predicted molar refractivity (Wildman–Crippen MR) is 49.4 cm³/mol. The number of hydrogen-bond acceptors (Lipinski definition) is 4. The minimum Gasteiger partial charge on any atom is -0.370 e. The van der Waals surface area contributed by atoms with E-state index in [9.17, 15) is 9.59 Å². The van der Waals surface area contributed by atoms with Crippen LogP contribution >= 0.6 is 0 Å². The molecule has 14 heavy (non-hydrogen) atoms. The molecule has 0 saturated carbocycles. The van der Waals surface area contributed by atoms with Crippen LogP contribution in [-0.2, 0) is 4.79 Å². The zero-order valence-corrected chi connectivity index (χ0v) is 7.88. The van der Waals surface area contributed by atoms with Crippen LogP contribution in [0.3, 0.4) is 0 Å². The highest BCUT2D eigenvalue weighted by molar-refractivity contribution is 5.74. The second-order valence-electron chi connectivity index (χ2n) is 2.94. The SMILES string of the molecule is CCC(CC(N)=O)n1nnccc1=O. The summed E-state index contributed by atoms with van der Waals surface area (Å²) in [6.07, 6.45) is 2.03. The van der Waals surface area contributed by atoms with Crippen LogP contribution in [0.25, 0.3) is 0 Å². The molecule has 0 bridgehead atoms. The van der Waals surface area contributed by atoms with Crippen molar-refractivity contribution in [1.29, 1.82) is 0 Å². The Hall–Kier alpha value is -1.72. The van der Waals surface area contributed by atoms with Crippen LogP contribution < -0.4 is 11.3 Å². The molecule has 6 nitrogen and oxygen atoms in total. The summed E-state index contributed by atoms with van der Waals surface area (Å²) in [4.78, 5) is 22.0. The summed E-state index contributed by atoms with van der Waals surface area (Å²) in [5.41, 5.74) is 4.78. The van der Waals surface area contributed by atoms with Gasteiger partial charge in [0.05, 0.1) is 12.2 Å². The molecule has 0 aliphatic rings.